The van der Waals surface area contributed by atoms with Crippen molar-refractivity contribution in [3.8, 4) is 11.5 Å². The highest BCUT2D eigenvalue weighted by Gasteiger charge is 2.14. The predicted molar refractivity (Wildman–Crippen MR) is 89.2 cm³/mol. The van der Waals surface area contributed by atoms with Crippen LogP contribution in [0, 0.1) is 0 Å². The number of halogens is 1. The Morgan fingerprint density at radius 1 is 1.12 bits per heavy atom. The summed E-state index contributed by atoms with van der Waals surface area (Å²) in [7, 11) is 0. The maximum atomic E-state index is 11.8. The van der Waals surface area contributed by atoms with Crippen LogP contribution in [0.15, 0.2) is 42.5 Å². The van der Waals surface area contributed by atoms with E-state index < -0.39 is 6.10 Å². The highest BCUT2D eigenvalue weighted by Crippen LogP contribution is 2.32. The van der Waals surface area contributed by atoms with Crippen LogP contribution in [0.2, 0.25) is 5.02 Å². The molecule has 7 heteroatoms. The molecule has 0 spiro atoms. The number of carbonyl (C=O) groups is 1. The highest BCUT2D eigenvalue weighted by molar-refractivity contribution is 6.30. The number of carbonyl (C=O) groups excluding carboxylic acids is 1. The van der Waals surface area contributed by atoms with Crippen LogP contribution in [0.25, 0.3) is 0 Å². The minimum absolute atomic E-state index is 0.106. The third kappa shape index (κ3) is 4.10. The minimum Gasteiger partial charge on any atom is -0.454 e. The van der Waals surface area contributed by atoms with Gasteiger partial charge in [-0.1, -0.05) is 29.8 Å². The van der Waals surface area contributed by atoms with Crippen molar-refractivity contribution in [2.75, 3.05) is 13.3 Å². The van der Waals surface area contributed by atoms with Gasteiger partial charge in [0.05, 0.1) is 6.10 Å². The molecule has 3 N–H and O–H groups in total. The standard InChI is InChI=1S/C17H17ClN2O4/c18-13-4-2-12(3-5-13)14(21)9-20-17(22)19-8-11-1-6-15-16(7-11)24-10-23-15/h1-7,14,21H,8-10H2,(H2,19,20,22)/t14-/m0/s1. The van der Waals surface area contributed by atoms with E-state index in [2.05, 4.69) is 10.6 Å². The van der Waals surface area contributed by atoms with Crippen molar-refractivity contribution in [2.24, 2.45) is 0 Å². The number of fused-ring (bicyclic) bond motifs is 1. The summed E-state index contributed by atoms with van der Waals surface area (Å²) in [6, 6.07) is 12.0. The maximum absolute atomic E-state index is 11.8. The van der Waals surface area contributed by atoms with Gasteiger partial charge in [0.1, 0.15) is 0 Å². The number of aliphatic hydroxyl groups is 1. The minimum atomic E-state index is -0.793. The number of benzene rings is 2. The molecule has 0 unspecified atom stereocenters. The molecule has 0 radical (unpaired) electrons. The molecular formula is C17H17ClN2O4. The molecule has 0 saturated heterocycles. The van der Waals surface area contributed by atoms with E-state index in [0.717, 1.165) is 5.56 Å². The van der Waals surface area contributed by atoms with Crippen molar-refractivity contribution in [2.45, 2.75) is 12.6 Å². The second-order valence-corrected chi connectivity index (χ2v) is 5.75. The van der Waals surface area contributed by atoms with Crippen LogP contribution in [-0.4, -0.2) is 24.5 Å². The first-order chi connectivity index (χ1) is 11.6. The Kier molecular flexibility index (Phi) is 5.08. The molecule has 0 bridgehead atoms. The van der Waals surface area contributed by atoms with Crippen LogP contribution in [0.3, 0.4) is 0 Å². The Morgan fingerprint density at radius 2 is 1.88 bits per heavy atom. The molecule has 126 valence electrons. The Balaban J connectivity index is 1.45. The van der Waals surface area contributed by atoms with Gasteiger partial charge in [-0.15, -0.1) is 0 Å². The van der Waals surface area contributed by atoms with Crippen molar-refractivity contribution >= 4 is 17.6 Å². The Labute approximate surface area is 144 Å². The third-order valence-electron chi connectivity index (χ3n) is 3.60. The first-order valence-electron chi connectivity index (χ1n) is 7.45. The fourth-order valence-electron chi connectivity index (χ4n) is 2.29. The molecule has 3 rings (SSSR count). The lowest BCUT2D eigenvalue weighted by Crippen LogP contribution is -2.37. The quantitative estimate of drug-likeness (QED) is 0.776. The number of urea groups is 1. The second-order valence-electron chi connectivity index (χ2n) is 5.32. The molecule has 6 nitrogen and oxygen atoms in total. The zero-order valence-electron chi connectivity index (χ0n) is 12.8. The van der Waals surface area contributed by atoms with Crippen molar-refractivity contribution < 1.29 is 19.4 Å². The predicted octanol–water partition coefficient (Wildman–Crippen LogP) is 2.60. The molecule has 1 atom stereocenters. The van der Waals surface area contributed by atoms with Crippen LogP contribution in [-0.2, 0) is 6.54 Å². The van der Waals surface area contributed by atoms with Crippen LogP contribution < -0.4 is 20.1 Å². The summed E-state index contributed by atoms with van der Waals surface area (Å²) in [5, 5.41) is 16.0. The largest absolute Gasteiger partial charge is 0.454 e. The molecule has 0 saturated carbocycles. The number of hydrogen-bond acceptors (Lipinski definition) is 4. The molecule has 2 amide bonds. The molecule has 2 aromatic rings. The Morgan fingerprint density at radius 3 is 2.67 bits per heavy atom. The van der Waals surface area contributed by atoms with Crippen molar-refractivity contribution in [1.82, 2.24) is 10.6 Å². The fourth-order valence-corrected chi connectivity index (χ4v) is 2.41. The van der Waals surface area contributed by atoms with Crippen LogP contribution in [0.1, 0.15) is 17.2 Å². The number of aliphatic hydroxyl groups excluding tert-OH is 1. The van der Waals surface area contributed by atoms with Gasteiger partial charge in [-0.05, 0) is 35.4 Å². The van der Waals surface area contributed by atoms with E-state index in [1.165, 1.54) is 0 Å². The number of nitrogens with one attached hydrogen (secondary N) is 2. The summed E-state index contributed by atoms with van der Waals surface area (Å²) in [6.07, 6.45) is -0.793. The zero-order valence-corrected chi connectivity index (χ0v) is 13.5. The van der Waals surface area contributed by atoms with E-state index in [1.54, 1.807) is 24.3 Å². The van der Waals surface area contributed by atoms with E-state index in [4.69, 9.17) is 21.1 Å². The molecule has 1 heterocycles. The topological polar surface area (TPSA) is 79.8 Å². The fraction of sp³-hybridized carbons (Fsp3) is 0.235. The number of amides is 2. The molecule has 1 aliphatic rings. The lowest BCUT2D eigenvalue weighted by Gasteiger charge is -2.13. The van der Waals surface area contributed by atoms with E-state index in [-0.39, 0.29) is 19.4 Å². The summed E-state index contributed by atoms with van der Waals surface area (Å²) in [4.78, 5) is 11.8. The van der Waals surface area contributed by atoms with Gasteiger partial charge in [-0.25, -0.2) is 4.79 Å². The lowest BCUT2D eigenvalue weighted by molar-refractivity contribution is 0.173. The first kappa shape index (κ1) is 16.4. The van der Waals surface area contributed by atoms with Gasteiger partial charge in [-0.2, -0.15) is 0 Å². The van der Waals surface area contributed by atoms with Gasteiger partial charge in [0.15, 0.2) is 11.5 Å². The van der Waals surface area contributed by atoms with Gasteiger partial charge in [0, 0.05) is 18.1 Å². The summed E-state index contributed by atoms with van der Waals surface area (Å²) in [5.74, 6) is 1.38. The molecule has 24 heavy (non-hydrogen) atoms. The van der Waals surface area contributed by atoms with Gasteiger partial charge < -0.3 is 25.2 Å². The normalized spacial score (nSPS) is 13.4. The Bertz CT molecular complexity index is 721. The zero-order chi connectivity index (χ0) is 16.9. The monoisotopic (exact) mass is 348 g/mol. The van der Waals surface area contributed by atoms with Crippen LogP contribution in [0.4, 0.5) is 4.79 Å². The second kappa shape index (κ2) is 7.42. The van der Waals surface area contributed by atoms with Gasteiger partial charge in [0.25, 0.3) is 0 Å². The average Bonchev–Trinajstić information content (AvgIpc) is 3.06. The molecule has 0 aliphatic carbocycles. The third-order valence-corrected chi connectivity index (χ3v) is 3.85. The number of ether oxygens (including phenoxy) is 2. The molecular weight excluding hydrogens is 332 g/mol. The summed E-state index contributed by atoms with van der Waals surface area (Å²) in [5.41, 5.74) is 1.59. The summed E-state index contributed by atoms with van der Waals surface area (Å²) < 4.78 is 10.5. The smallest absolute Gasteiger partial charge is 0.315 e. The summed E-state index contributed by atoms with van der Waals surface area (Å²) >= 11 is 5.80. The molecule has 2 aromatic carbocycles. The van der Waals surface area contributed by atoms with Crippen LogP contribution in [0.5, 0.6) is 11.5 Å². The van der Waals surface area contributed by atoms with Gasteiger partial charge in [0.2, 0.25) is 6.79 Å². The molecule has 1 aliphatic heterocycles. The summed E-state index contributed by atoms with van der Waals surface area (Å²) in [6.45, 7) is 0.670. The highest BCUT2D eigenvalue weighted by atomic mass is 35.5. The van der Waals surface area contributed by atoms with Crippen molar-refractivity contribution in [1.29, 1.82) is 0 Å². The lowest BCUT2D eigenvalue weighted by atomic mass is 10.1. The van der Waals surface area contributed by atoms with Crippen molar-refractivity contribution in [3.05, 3.63) is 58.6 Å². The van der Waals surface area contributed by atoms with E-state index in [1.807, 2.05) is 18.2 Å². The van der Waals surface area contributed by atoms with E-state index in [0.29, 0.717) is 28.6 Å². The van der Waals surface area contributed by atoms with E-state index in [9.17, 15) is 9.90 Å². The van der Waals surface area contributed by atoms with Crippen molar-refractivity contribution in [3.63, 3.8) is 0 Å². The Hall–Kier alpha value is -2.44. The first-order valence-corrected chi connectivity index (χ1v) is 7.83. The van der Waals surface area contributed by atoms with Gasteiger partial charge >= 0.3 is 6.03 Å². The average molecular weight is 349 g/mol. The molecule has 0 aromatic heterocycles. The number of hydrogen-bond donors (Lipinski definition) is 3. The number of rotatable bonds is 5. The van der Waals surface area contributed by atoms with Crippen LogP contribution >= 0.6 is 11.6 Å². The van der Waals surface area contributed by atoms with E-state index >= 15 is 0 Å². The molecule has 0 fully saturated rings. The van der Waals surface area contributed by atoms with Gasteiger partial charge in [-0.3, -0.25) is 0 Å². The SMILES string of the molecule is O=C(NCc1ccc2c(c1)OCO2)NC[C@H](O)c1ccc(Cl)cc1. The maximum Gasteiger partial charge on any atom is 0.315 e.